The Morgan fingerprint density at radius 2 is 2.26 bits per heavy atom. The highest BCUT2D eigenvalue weighted by molar-refractivity contribution is 5.55. The van der Waals surface area contributed by atoms with E-state index in [1.54, 1.807) is 6.07 Å². The molecule has 1 aromatic rings. The highest BCUT2D eigenvalue weighted by Crippen LogP contribution is 2.30. The average molecular weight is 264 g/mol. The average Bonchev–Trinajstić information content (AvgIpc) is 2.80. The fraction of sp³-hybridized carbons (Fsp3) is 0.625. The van der Waals surface area contributed by atoms with E-state index >= 15 is 0 Å². The minimum absolute atomic E-state index is 0.00954. The van der Waals surface area contributed by atoms with E-state index < -0.39 is 0 Å². The van der Waals surface area contributed by atoms with Gasteiger partial charge in [-0.15, -0.1) is 0 Å². The van der Waals surface area contributed by atoms with Gasteiger partial charge in [-0.05, 0) is 44.2 Å². The lowest BCUT2D eigenvalue weighted by Crippen LogP contribution is -2.25. The zero-order valence-corrected chi connectivity index (χ0v) is 12.0. The van der Waals surface area contributed by atoms with Crippen molar-refractivity contribution in [2.45, 2.75) is 45.6 Å². The van der Waals surface area contributed by atoms with E-state index in [4.69, 9.17) is 5.73 Å². The molecule has 0 amide bonds. The van der Waals surface area contributed by atoms with Gasteiger partial charge in [0.2, 0.25) is 0 Å². The largest absolute Gasteiger partial charge is 0.371 e. The molecule has 0 radical (unpaired) electrons. The maximum absolute atomic E-state index is 14.0. The molecule has 2 nitrogen and oxygen atoms in total. The van der Waals surface area contributed by atoms with Crippen LogP contribution >= 0.6 is 0 Å². The normalized spacial score (nSPS) is 20.8. The number of halogens is 1. The molecule has 0 aromatic heterocycles. The Morgan fingerprint density at radius 3 is 2.95 bits per heavy atom. The quantitative estimate of drug-likeness (QED) is 0.883. The summed E-state index contributed by atoms with van der Waals surface area (Å²) in [5.74, 6) is 0.644. The van der Waals surface area contributed by atoms with E-state index in [2.05, 4.69) is 11.8 Å². The Bertz CT molecular complexity index is 417. The number of hydrogen-bond donors (Lipinski definition) is 1. The molecule has 1 heterocycles. The summed E-state index contributed by atoms with van der Waals surface area (Å²) in [6.07, 6.45) is 4.34. The minimum Gasteiger partial charge on any atom is -0.371 e. The third-order valence-corrected chi connectivity index (χ3v) is 3.94. The fourth-order valence-corrected chi connectivity index (χ4v) is 3.06. The fourth-order valence-electron chi connectivity index (χ4n) is 3.06. The Morgan fingerprint density at radius 1 is 1.47 bits per heavy atom. The molecule has 19 heavy (non-hydrogen) atoms. The highest BCUT2D eigenvalue weighted by Gasteiger charge is 2.24. The summed E-state index contributed by atoms with van der Waals surface area (Å²) < 4.78 is 14.0. The first-order chi connectivity index (χ1) is 9.11. The molecule has 1 saturated heterocycles. The summed E-state index contributed by atoms with van der Waals surface area (Å²) in [4.78, 5) is 2.33. The third-order valence-electron chi connectivity index (χ3n) is 3.94. The van der Waals surface area contributed by atoms with Crippen LogP contribution in [-0.2, 0) is 6.42 Å². The van der Waals surface area contributed by atoms with E-state index in [1.165, 1.54) is 19.3 Å². The van der Waals surface area contributed by atoms with Gasteiger partial charge >= 0.3 is 0 Å². The summed E-state index contributed by atoms with van der Waals surface area (Å²) in [7, 11) is 0. The zero-order valence-electron chi connectivity index (χ0n) is 12.0. The van der Waals surface area contributed by atoms with Crippen LogP contribution in [0.3, 0.4) is 0 Å². The van der Waals surface area contributed by atoms with Crippen LogP contribution in [0.25, 0.3) is 0 Å². The molecule has 1 aliphatic heterocycles. The molecule has 3 heteroatoms. The van der Waals surface area contributed by atoms with Gasteiger partial charge in [-0.1, -0.05) is 19.4 Å². The number of hydrogen-bond acceptors (Lipinski definition) is 2. The van der Waals surface area contributed by atoms with Crippen molar-refractivity contribution in [3.8, 4) is 0 Å². The molecule has 1 aromatic carbocycles. The summed E-state index contributed by atoms with van der Waals surface area (Å²) in [6, 6.07) is 5.38. The van der Waals surface area contributed by atoms with E-state index in [0.29, 0.717) is 6.42 Å². The molecule has 2 atom stereocenters. The highest BCUT2D eigenvalue weighted by atomic mass is 19.1. The van der Waals surface area contributed by atoms with Gasteiger partial charge in [0.15, 0.2) is 0 Å². The second-order valence-corrected chi connectivity index (χ2v) is 5.81. The Kier molecular flexibility index (Phi) is 4.81. The van der Waals surface area contributed by atoms with Gasteiger partial charge in [0.05, 0.1) is 0 Å². The Labute approximate surface area is 115 Å². The van der Waals surface area contributed by atoms with Crippen molar-refractivity contribution in [2.75, 3.05) is 18.0 Å². The van der Waals surface area contributed by atoms with Crippen molar-refractivity contribution in [3.63, 3.8) is 0 Å². The van der Waals surface area contributed by atoms with Crippen LogP contribution in [-0.4, -0.2) is 19.1 Å². The smallest absolute Gasteiger partial charge is 0.128 e. The SMILES string of the molecule is CCCC1CCN(c2cccc(F)c2CC(C)N)C1. The van der Waals surface area contributed by atoms with E-state index in [9.17, 15) is 4.39 Å². The monoisotopic (exact) mass is 264 g/mol. The van der Waals surface area contributed by atoms with Gasteiger partial charge < -0.3 is 10.6 Å². The number of nitrogens with two attached hydrogens (primary N) is 1. The standard InChI is InChI=1S/C16H25FN2/c1-3-5-13-8-9-19(11-13)16-7-4-6-15(17)14(16)10-12(2)18/h4,6-7,12-13H,3,5,8-11,18H2,1-2H3. The maximum atomic E-state index is 14.0. The first kappa shape index (κ1) is 14.3. The minimum atomic E-state index is -0.117. The lowest BCUT2D eigenvalue weighted by Gasteiger charge is -2.23. The molecular weight excluding hydrogens is 239 g/mol. The molecule has 0 saturated carbocycles. The summed E-state index contributed by atoms with van der Waals surface area (Å²) in [5, 5.41) is 0. The zero-order chi connectivity index (χ0) is 13.8. The number of rotatable bonds is 5. The van der Waals surface area contributed by atoms with Gasteiger partial charge in [0, 0.05) is 30.4 Å². The lowest BCUT2D eigenvalue weighted by molar-refractivity contribution is 0.529. The Hall–Kier alpha value is -1.09. The van der Waals surface area contributed by atoms with Crippen LogP contribution in [0.4, 0.5) is 10.1 Å². The molecule has 106 valence electrons. The van der Waals surface area contributed by atoms with Gasteiger partial charge in [-0.2, -0.15) is 0 Å². The molecule has 2 N–H and O–H groups in total. The second-order valence-electron chi connectivity index (χ2n) is 5.81. The van der Waals surface area contributed by atoms with Gasteiger partial charge in [-0.3, -0.25) is 0 Å². The van der Waals surface area contributed by atoms with Gasteiger partial charge in [0.1, 0.15) is 5.82 Å². The van der Waals surface area contributed by atoms with Crippen molar-refractivity contribution in [3.05, 3.63) is 29.6 Å². The van der Waals surface area contributed by atoms with Crippen LogP contribution < -0.4 is 10.6 Å². The van der Waals surface area contributed by atoms with Crippen molar-refractivity contribution in [1.82, 2.24) is 0 Å². The Balaban J connectivity index is 2.18. The molecule has 2 rings (SSSR count). The van der Waals surface area contributed by atoms with E-state index in [0.717, 1.165) is 30.3 Å². The predicted octanol–water partition coefficient (Wildman–Crippen LogP) is 3.34. The van der Waals surface area contributed by atoms with E-state index in [-0.39, 0.29) is 11.9 Å². The van der Waals surface area contributed by atoms with Gasteiger partial charge in [0.25, 0.3) is 0 Å². The van der Waals surface area contributed by atoms with E-state index in [1.807, 2.05) is 19.1 Å². The number of nitrogens with zero attached hydrogens (tertiary/aromatic N) is 1. The number of benzene rings is 1. The van der Waals surface area contributed by atoms with Crippen LogP contribution in [0.5, 0.6) is 0 Å². The van der Waals surface area contributed by atoms with Crippen LogP contribution in [0.1, 0.15) is 38.7 Å². The summed E-state index contributed by atoms with van der Waals surface area (Å²) in [5.41, 5.74) is 7.69. The molecular formula is C16H25FN2. The van der Waals surface area contributed by atoms with Crippen molar-refractivity contribution >= 4 is 5.69 Å². The van der Waals surface area contributed by atoms with Crippen molar-refractivity contribution in [2.24, 2.45) is 11.7 Å². The first-order valence-corrected chi connectivity index (χ1v) is 7.39. The molecule has 0 spiro atoms. The maximum Gasteiger partial charge on any atom is 0.128 e. The molecule has 1 aliphatic rings. The van der Waals surface area contributed by atoms with Crippen LogP contribution in [0.2, 0.25) is 0 Å². The number of anilines is 1. The van der Waals surface area contributed by atoms with Crippen LogP contribution in [0.15, 0.2) is 18.2 Å². The topological polar surface area (TPSA) is 29.3 Å². The molecule has 0 bridgehead atoms. The van der Waals surface area contributed by atoms with Crippen molar-refractivity contribution in [1.29, 1.82) is 0 Å². The predicted molar refractivity (Wildman–Crippen MR) is 79.0 cm³/mol. The van der Waals surface area contributed by atoms with Crippen LogP contribution in [0, 0.1) is 11.7 Å². The molecule has 1 fully saturated rings. The molecule has 2 unspecified atom stereocenters. The summed E-state index contributed by atoms with van der Waals surface area (Å²) in [6.45, 7) is 6.26. The third kappa shape index (κ3) is 3.47. The lowest BCUT2D eigenvalue weighted by atomic mass is 10.0. The van der Waals surface area contributed by atoms with Gasteiger partial charge in [-0.25, -0.2) is 4.39 Å². The van der Waals surface area contributed by atoms with Crippen molar-refractivity contribution < 1.29 is 4.39 Å². The second kappa shape index (κ2) is 6.38. The first-order valence-electron chi connectivity index (χ1n) is 7.39. The summed E-state index contributed by atoms with van der Waals surface area (Å²) >= 11 is 0. The molecule has 0 aliphatic carbocycles.